The number of ether oxygens (including phenoxy) is 2. The van der Waals surface area contributed by atoms with Crippen molar-refractivity contribution >= 4 is 0 Å². The fourth-order valence-electron chi connectivity index (χ4n) is 3.64. The van der Waals surface area contributed by atoms with Gasteiger partial charge in [-0.15, -0.1) is 0 Å². The van der Waals surface area contributed by atoms with Crippen molar-refractivity contribution in [1.29, 1.82) is 0 Å². The van der Waals surface area contributed by atoms with Gasteiger partial charge in [0.1, 0.15) is 5.75 Å². The zero-order valence-corrected chi connectivity index (χ0v) is 21.0. The van der Waals surface area contributed by atoms with E-state index in [0.717, 1.165) is 24.7 Å². The molecule has 3 atom stereocenters. The minimum atomic E-state index is -0.198. The van der Waals surface area contributed by atoms with E-state index >= 15 is 0 Å². The second-order valence-electron chi connectivity index (χ2n) is 9.55. The van der Waals surface area contributed by atoms with Crippen molar-refractivity contribution in [3.05, 3.63) is 29.8 Å². The van der Waals surface area contributed by atoms with E-state index < -0.39 is 0 Å². The lowest BCUT2D eigenvalue weighted by Crippen LogP contribution is -2.18. The standard InChI is InChI=1S/C24H42O2.C3H8/c1-8-11-20(9-2)16-17-25-19(4)26-23-14-12-22(13-15-23)21(10-3)18-24(5,6)7;1-3-2/h12-15,19-21H,8-11,16-18H2,1-7H3;3H2,1-2H3. The number of hydrogen-bond acceptors (Lipinski definition) is 2. The first-order valence-electron chi connectivity index (χ1n) is 12.1. The van der Waals surface area contributed by atoms with Crippen LogP contribution in [0.15, 0.2) is 24.3 Å². The highest BCUT2D eigenvalue weighted by Crippen LogP contribution is 2.34. The molecule has 0 N–H and O–H groups in total. The summed E-state index contributed by atoms with van der Waals surface area (Å²) in [6, 6.07) is 8.62. The first-order chi connectivity index (χ1) is 13.7. The van der Waals surface area contributed by atoms with E-state index in [4.69, 9.17) is 9.47 Å². The fraction of sp³-hybridized carbons (Fsp3) is 0.778. The molecule has 0 fully saturated rings. The van der Waals surface area contributed by atoms with Gasteiger partial charge in [0.05, 0.1) is 6.61 Å². The van der Waals surface area contributed by atoms with Gasteiger partial charge in [0, 0.05) is 0 Å². The molecule has 0 amide bonds. The quantitative estimate of drug-likeness (QED) is 0.322. The molecule has 170 valence electrons. The van der Waals surface area contributed by atoms with Gasteiger partial charge >= 0.3 is 0 Å². The first-order valence-corrected chi connectivity index (χ1v) is 12.1. The van der Waals surface area contributed by atoms with Crippen LogP contribution in [0.2, 0.25) is 0 Å². The summed E-state index contributed by atoms with van der Waals surface area (Å²) >= 11 is 0. The van der Waals surface area contributed by atoms with Crippen molar-refractivity contribution in [1.82, 2.24) is 0 Å². The third kappa shape index (κ3) is 13.8. The minimum Gasteiger partial charge on any atom is -0.465 e. The van der Waals surface area contributed by atoms with Crippen molar-refractivity contribution < 1.29 is 9.47 Å². The van der Waals surface area contributed by atoms with Crippen LogP contribution in [-0.2, 0) is 4.74 Å². The lowest BCUT2D eigenvalue weighted by Gasteiger charge is -2.25. The third-order valence-electron chi connectivity index (χ3n) is 5.16. The largest absolute Gasteiger partial charge is 0.465 e. The van der Waals surface area contributed by atoms with Crippen LogP contribution in [-0.4, -0.2) is 12.9 Å². The zero-order chi connectivity index (χ0) is 22.3. The van der Waals surface area contributed by atoms with Crippen LogP contribution in [0, 0.1) is 11.3 Å². The Labute approximate surface area is 182 Å². The molecular weight excluding hydrogens is 356 g/mol. The molecule has 2 heteroatoms. The molecule has 0 radical (unpaired) electrons. The molecule has 0 aliphatic rings. The van der Waals surface area contributed by atoms with Crippen molar-refractivity contribution in [2.24, 2.45) is 11.3 Å². The summed E-state index contributed by atoms with van der Waals surface area (Å²) in [7, 11) is 0. The van der Waals surface area contributed by atoms with E-state index in [1.54, 1.807) is 0 Å². The van der Waals surface area contributed by atoms with E-state index in [0.29, 0.717) is 11.3 Å². The predicted octanol–water partition coefficient (Wildman–Crippen LogP) is 8.99. The molecule has 0 bridgehead atoms. The molecule has 0 aromatic heterocycles. The normalized spacial score (nSPS) is 14.5. The van der Waals surface area contributed by atoms with Crippen LogP contribution < -0.4 is 4.74 Å². The van der Waals surface area contributed by atoms with Gasteiger partial charge in [-0.3, -0.25) is 0 Å². The van der Waals surface area contributed by atoms with Gasteiger partial charge in [0.25, 0.3) is 0 Å². The molecule has 1 rings (SSSR count). The highest BCUT2D eigenvalue weighted by Gasteiger charge is 2.19. The molecule has 0 saturated heterocycles. The van der Waals surface area contributed by atoms with E-state index in [-0.39, 0.29) is 6.29 Å². The molecule has 2 nitrogen and oxygen atoms in total. The van der Waals surface area contributed by atoms with Gasteiger partial charge in [-0.25, -0.2) is 0 Å². The molecule has 0 aliphatic carbocycles. The molecule has 3 unspecified atom stereocenters. The SMILES string of the molecule is CCC.CCCC(CC)CCOC(C)Oc1ccc(C(CC)CC(C)(C)C)cc1. The maximum Gasteiger partial charge on any atom is 0.196 e. The van der Waals surface area contributed by atoms with E-state index in [1.165, 1.54) is 44.1 Å². The van der Waals surface area contributed by atoms with Crippen molar-refractivity contribution in [2.75, 3.05) is 6.61 Å². The summed E-state index contributed by atoms with van der Waals surface area (Å²) in [5, 5.41) is 0. The highest BCUT2D eigenvalue weighted by molar-refractivity contribution is 5.29. The zero-order valence-electron chi connectivity index (χ0n) is 21.0. The van der Waals surface area contributed by atoms with Gasteiger partial charge < -0.3 is 9.47 Å². The summed E-state index contributed by atoms with van der Waals surface area (Å²) in [6.45, 7) is 20.8. The van der Waals surface area contributed by atoms with Crippen LogP contribution >= 0.6 is 0 Å². The summed E-state index contributed by atoms with van der Waals surface area (Å²) in [4.78, 5) is 0. The number of benzene rings is 1. The van der Waals surface area contributed by atoms with Crippen LogP contribution in [0.25, 0.3) is 0 Å². The van der Waals surface area contributed by atoms with Crippen LogP contribution in [0.5, 0.6) is 5.75 Å². The topological polar surface area (TPSA) is 18.5 Å². The summed E-state index contributed by atoms with van der Waals surface area (Å²) in [6.07, 6.45) is 8.35. The van der Waals surface area contributed by atoms with Crippen molar-refractivity contribution in [2.45, 2.75) is 119 Å². The Hall–Kier alpha value is -1.02. The Morgan fingerprint density at radius 2 is 1.45 bits per heavy atom. The van der Waals surface area contributed by atoms with Gasteiger partial charge in [0.2, 0.25) is 0 Å². The number of hydrogen-bond donors (Lipinski definition) is 0. The monoisotopic (exact) mass is 406 g/mol. The lowest BCUT2D eigenvalue weighted by molar-refractivity contribution is -0.0706. The highest BCUT2D eigenvalue weighted by atomic mass is 16.7. The van der Waals surface area contributed by atoms with Crippen molar-refractivity contribution in [3.63, 3.8) is 0 Å². The maximum absolute atomic E-state index is 5.94. The summed E-state index contributed by atoms with van der Waals surface area (Å²) < 4.78 is 11.8. The fourth-order valence-corrected chi connectivity index (χ4v) is 3.64. The van der Waals surface area contributed by atoms with E-state index in [1.807, 2.05) is 6.92 Å². The summed E-state index contributed by atoms with van der Waals surface area (Å²) in [5.74, 6) is 2.29. The smallest absolute Gasteiger partial charge is 0.196 e. The Kier molecular flexibility index (Phi) is 15.2. The lowest BCUT2D eigenvalue weighted by atomic mass is 9.80. The van der Waals surface area contributed by atoms with Crippen LogP contribution in [0.1, 0.15) is 119 Å². The maximum atomic E-state index is 5.94. The molecule has 1 aromatic rings. The predicted molar refractivity (Wildman–Crippen MR) is 129 cm³/mol. The third-order valence-corrected chi connectivity index (χ3v) is 5.16. The molecule has 0 aliphatic heterocycles. The van der Waals surface area contributed by atoms with E-state index in [2.05, 4.69) is 79.7 Å². The Balaban J connectivity index is 0.00000245. The molecule has 0 heterocycles. The van der Waals surface area contributed by atoms with Crippen LogP contribution in [0.4, 0.5) is 0 Å². The molecule has 29 heavy (non-hydrogen) atoms. The molecule has 0 saturated carbocycles. The minimum absolute atomic E-state index is 0.198. The van der Waals surface area contributed by atoms with Crippen molar-refractivity contribution in [3.8, 4) is 5.75 Å². The van der Waals surface area contributed by atoms with Gasteiger partial charge in [-0.2, -0.15) is 0 Å². The Morgan fingerprint density at radius 1 is 0.862 bits per heavy atom. The van der Waals surface area contributed by atoms with Gasteiger partial charge in [-0.05, 0) is 61.1 Å². The molecule has 0 spiro atoms. The van der Waals surface area contributed by atoms with Crippen LogP contribution in [0.3, 0.4) is 0 Å². The average Bonchev–Trinajstić information content (AvgIpc) is 2.66. The number of rotatable bonds is 12. The second-order valence-corrected chi connectivity index (χ2v) is 9.55. The van der Waals surface area contributed by atoms with E-state index in [9.17, 15) is 0 Å². The second kappa shape index (κ2) is 15.8. The Bertz CT molecular complexity index is 486. The average molecular weight is 407 g/mol. The first kappa shape index (κ1) is 28.0. The van der Waals surface area contributed by atoms with Gasteiger partial charge in [0.15, 0.2) is 6.29 Å². The molecule has 1 aromatic carbocycles. The molecular formula is C27H50O2. The van der Waals surface area contributed by atoms with Gasteiger partial charge in [-0.1, -0.05) is 93.2 Å². The Morgan fingerprint density at radius 3 is 1.90 bits per heavy atom. The summed E-state index contributed by atoms with van der Waals surface area (Å²) in [5.41, 5.74) is 1.76.